The number of benzene rings is 2. The van der Waals surface area contributed by atoms with E-state index in [-0.39, 0.29) is 12.2 Å². The fourth-order valence-corrected chi connectivity index (χ4v) is 4.82. The molecule has 6 nitrogen and oxygen atoms in total. The molecule has 1 unspecified atom stereocenters. The van der Waals surface area contributed by atoms with Gasteiger partial charge in [0.05, 0.1) is 23.6 Å². The Labute approximate surface area is 200 Å². The Hall–Kier alpha value is -3.18. The van der Waals surface area contributed by atoms with Crippen LogP contribution >= 0.6 is 0 Å². The second-order valence-electron chi connectivity index (χ2n) is 9.16. The molecule has 2 aliphatic rings. The maximum absolute atomic E-state index is 14.6. The van der Waals surface area contributed by atoms with E-state index in [9.17, 15) is 14.6 Å². The number of nitriles is 1. The first kappa shape index (κ1) is 24.0. The molecule has 0 spiro atoms. The number of likely N-dealkylation sites (N-methyl/N-ethyl adjacent to an activating group) is 1. The third-order valence-electron chi connectivity index (χ3n) is 6.90. The fourth-order valence-electron chi connectivity index (χ4n) is 4.82. The highest BCUT2D eigenvalue weighted by molar-refractivity contribution is 5.96. The topological polar surface area (TPSA) is 74.0 Å². The molecule has 7 heteroatoms. The maximum Gasteiger partial charge on any atom is 0.168 e. The molecule has 1 fully saturated rings. The van der Waals surface area contributed by atoms with Crippen LogP contribution in [0.4, 0.5) is 4.39 Å². The number of hydrogen-bond acceptors (Lipinski definition) is 6. The number of aliphatic hydroxyl groups is 2. The van der Waals surface area contributed by atoms with Crippen LogP contribution in [0.15, 0.2) is 54.2 Å². The van der Waals surface area contributed by atoms with Crippen molar-refractivity contribution < 1.29 is 14.6 Å². The van der Waals surface area contributed by atoms with E-state index in [0.29, 0.717) is 11.6 Å². The van der Waals surface area contributed by atoms with Gasteiger partial charge in [-0.05, 0) is 61.8 Å². The van der Waals surface area contributed by atoms with E-state index < -0.39 is 12.0 Å². The van der Waals surface area contributed by atoms with Gasteiger partial charge in [0, 0.05) is 31.8 Å². The Morgan fingerprint density at radius 2 is 1.74 bits per heavy atom. The standard InChI is InChI=1S/C27H31FN4O2/c1-30(2)22-10-12-32(13-11-22)25-15-23(20-8-9-21(16-29)24(28)14-20)26(31(3)27(25)34)19-6-4-18(17-33)5-7-19/h4-9,14-15,22,27,33-34H,10-13,17H2,1-3H3. The predicted octanol–water partition coefficient (Wildman–Crippen LogP) is 3.23. The highest BCUT2D eigenvalue weighted by Crippen LogP contribution is 2.38. The minimum atomic E-state index is -0.851. The van der Waals surface area contributed by atoms with Gasteiger partial charge in [0.15, 0.2) is 6.23 Å². The minimum Gasteiger partial charge on any atom is -0.392 e. The molecule has 1 saturated heterocycles. The van der Waals surface area contributed by atoms with Crippen LogP contribution in [0.25, 0.3) is 11.3 Å². The van der Waals surface area contributed by atoms with Crippen LogP contribution < -0.4 is 0 Å². The van der Waals surface area contributed by atoms with Crippen LogP contribution in [0.5, 0.6) is 0 Å². The third kappa shape index (κ3) is 4.58. The van der Waals surface area contributed by atoms with Crippen molar-refractivity contribution >= 4 is 11.3 Å². The van der Waals surface area contributed by atoms with Crippen molar-refractivity contribution in [1.29, 1.82) is 5.26 Å². The van der Waals surface area contributed by atoms with Crippen molar-refractivity contribution in [3.05, 3.63) is 82.3 Å². The lowest BCUT2D eigenvalue weighted by atomic mass is 9.92. The van der Waals surface area contributed by atoms with Gasteiger partial charge in [-0.25, -0.2) is 4.39 Å². The van der Waals surface area contributed by atoms with Crippen molar-refractivity contribution in [2.24, 2.45) is 0 Å². The first-order chi connectivity index (χ1) is 16.3. The second kappa shape index (κ2) is 9.98. The summed E-state index contributed by atoms with van der Waals surface area (Å²) in [7, 11) is 6.02. The van der Waals surface area contributed by atoms with Crippen molar-refractivity contribution in [1.82, 2.24) is 14.7 Å². The van der Waals surface area contributed by atoms with Gasteiger partial charge in [0.2, 0.25) is 0 Å². The molecular weight excluding hydrogens is 431 g/mol. The van der Waals surface area contributed by atoms with Crippen LogP contribution in [0.1, 0.15) is 35.1 Å². The molecule has 2 aliphatic heterocycles. The summed E-state index contributed by atoms with van der Waals surface area (Å²) >= 11 is 0. The lowest BCUT2D eigenvalue weighted by Crippen LogP contribution is -2.47. The van der Waals surface area contributed by atoms with Crippen LogP contribution in [-0.2, 0) is 6.61 Å². The Morgan fingerprint density at radius 1 is 1.09 bits per heavy atom. The molecule has 178 valence electrons. The number of likely N-dealkylation sites (tertiary alicyclic amines) is 1. The lowest BCUT2D eigenvalue weighted by molar-refractivity contribution is 0.0527. The fraction of sp³-hybridized carbons (Fsp3) is 0.370. The molecule has 0 radical (unpaired) electrons. The zero-order valence-electron chi connectivity index (χ0n) is 19.9. The molecule has 0 aliphatic carbocycles. The number of nitrogens with zero attached hydrogens (tertiary/aromatic N) is 4. The maximum atomic E-state index is 14.6. The van der Waals surface area contributed by atoms with Crippen molar-refractivity contribution in [3.63, 3.8) is 0 Å². The van der Waals surface area contributed by atoms with Crippen molar-refractivity contribution in [3.8, 4) is 6.07 Å². The second-order valence-corrected chi connectivity index (χ2v) is 9.16. The highest BCUT2D eigenvalue weighted by atomic mass is 19.1. The summed E-state index contributed by atoms with van der Waals surface area (Å²) in [5.74, 6) is -0.571. The van der Waals surface area contributed by atoms with Crippen molar-refractivity contribution in [2.75, 3.05) is 34.2 Å². The SMILES string of the molecule is CN(C)C1CCN(C2=CC(c3ccc(C#N)c(F)c3)=C(c3ccc(CO)cc3)N(C)C2O)CC1. The Morgan fingerprint density at radius 3 is 2.29 bits per heavy atom. The van der Waals surface area contributed by atoms with Gasteiger partial charge in [-0.15, -0.1) is 0 Å². The third-order valence-corrected chi connectivity index (χ3v) is 6.90. The van der Waals surface area contributed by atoms with Gasteiger partial charge < -0.3 is 24.9 Å². The summed E-state index contributed by atoms with van der Waals surface area (Å²) in [6, 6.07) is 14.5. The van der Waals surface area contributed by atoms with Crippen LogP contribution in [0.2, 0.25) is 0 Å². The first-order valence-electron chi connectivity index (χ1n) is 11.5. The van der Waals surface area contributed by atoms with E-state index in [1.165, 1.54) is 12.1 Å². The number of halogens is 1. The summed E-state index contributed by atoms with van der Waals surface area (Å²) in [6.07, 6.45) is 3.11. The summed E-state index contributed by atoms with van der Waals surface area (Å²) in [6.45, 7) is 1.60. The van der Waals surface area contributed by atoms with Gasteiger partial charge >= 0.3 is 0 Å². The van der Waals surface area contributed by atoms with Gasteiger partial charge in [0.1, 0.15) is 11.9 Å². The summed E-state index contributed by atoms with van der Waals surface area (Å²) in [5, 5.41) is 29.9. The molecule has 0 amide bonds. The van der Waals surface area contributed by atoms with Gasteiger partial charge in [-0.3, -0.25) is 0 Å². The molecule has 34 heavy (non-hydrogen) atoms. The Bertz CT molecular complexity index is 1140. The molecule has 2 aromatic carbocycles. The monoisotopic (exact) mass is 462 g/mol. The van der Waals surface area contributed by atoms with Crippen LogP contribution in [0, 0.1) is 17.1 Å². The number of piperidine rings is 1. The van der Waals surface area contributed by atoms with Crippen molar-refractivity contribution in [2.45, 2.75) is 31.7 Å². The molecule has 2 heterocycles. The van der Waals surface area contributed by atoms with Crippen LogP contribution in [0.3, 0.4) is 0 Å². The molecule has 2 aromatic rings. The normalized spacial score (nSPS) is 19.5. The van der Waals surface area contributed by atoms with E-state index >= 15 is 0 Å². The average Bonchev–Trinajstić information content (AvgIpc) is 2.85. The quantitative estimate of drug-likeness (QED) is 0.711. The Kier molecular flexibility index (Phi) is 7.03. The summed E-state index contributed by atoms with van der Waals surface area (Å²) < 4.78 is 14.6. The first-order valence-corrected chi connectivity index (χ1v) is 11.5. The number of hydrogen-bond donors (Lipinski definition) is 2. The smallest absolute Gasteiger partial charge is 0.168 e. The largest absolute Gasteiger partial charge is 0.392 e. The molecule has 0 bridgehead atoms. The molecule has 0 saturated carbocycles. The lowest BCUT2D eigenvalue weighted by Gasteiger charge is -2.43. The molecular formula is C27H31FN4O2. The summed E-state index contributed by atoms with van der Waals surface area (Å²) in [4.78, 5) is 6.27. The minimum absolute atomic E-state index is 0.00245. The average molecular weight is 463 g/mol. The number of rotatable bonds is 5. The highest BCUT2D eigenvalue weighted by Gasteiger charge is 2.33. The number of aliphatic hydroxyl groups excluding tert-OH is 2. The van der Waals surface area contributed by atoms with E-state index in [1.54, 1.807) is 6.07 Å². The molecule has 2 N–H and O–H groups in total. The zero-order valence-corrected chi connectivity index (χ0v) is 19.9. The molecule has 4 rings (SSSR count). The van der Waals surface area contributed by atoms with E-state index in [4.69, 9.17) is 5.26 Å². The van der Waals surface area contributed by atoms with E-state index in [2.05, 4.69) is 23.9 Å². The van der Waals surface area contributed by atoms with Crippen LogP contribution in [-0.4, -0.2) is 71.4 Å². The van der Waals surface area contributed by atoms with Gasteiger partial charge in [-0.1, -0.05) is 30.3 Å². The molecule has 0 aromatic heterocycles. The summed E-state index contributed by atoms with van der Waals surface area (Å²) in [5.41, 5.74) is 4.59. The van der Waals surface area contributed by atoms with E-state index in [1.807, 2.05) is 48.4 Å². The Balaban J connectivity index is 1.82. The van der Waals surface area contributed by atoms with E-state index in [0.717, 1.165) is 54.0 Å². The zero-order chi connectivity index (χ0) is 24.4. The van der Waals surface area contributed by atoms with Gasteiger partial charge in [-0.2, -0.15) is 5.26 Å². The number of allylic oxidation sites excluding steroid dienone is 2. The predicted molar refractivity (Wildman–Crippen MR) is 130 cm³/mol. The van der Waals surface area contributed by atoms with Gasteiger partial charge in [0.25, 0.3) is 0 Å². The molecule has 1 atom stereocenters.